The molecule has 0 N–H and O–H groups in total. The van der Waals surface area contributed by atoms with Gasteiger partial charge in [0.25, 0.3) is 0 Å². The molecule has 0 aliphatic heterocycles. The molecule has 0 spiro atoms. The summed E-state index contributed by atoms with van der Waals surface area (Å²) in [5, 5.41) is 4.53. The highest BCUT2D eigenvalue weighted by molar-refractivity contribution is 6.49. The van der Waals surface area contributed by atoms with Crippen molar-refractivity contribution in [3.63, 3.8) is 0 Å². The van der Waals surface area contributed by atoms with Gasteiger partial charge < -0.3 is 0 Å². The number of halogens is 2. The molecule has 0 aromatic carbocycles. The maximum absolute atomic E-state index is 5.74. The van der Waals surface area contributed by atoms with Crippen LogP contribution in [0.5, 0.6) is 0 Å². The molecule has 0 saturated carbocycles. The quantitative estimate of drug-likeness (QED) is 0.667. The fourth-order valence-electron chi connectivity index (χ4n) is 0.891. The first-order valence-corrected chi connectivity index (χ1v) is 3.96. The zero-order valence-electron chi connectivity index (χ0n) is 6.31. The molecule has 0 radical (unpaired) electrons. The van der Waals surface area contributed by atoms with E-state index in [4.69, 9.17) is 23.2 Å². The largest absolute Gasteiger partial charge is 0.225 e. The molecule has 1 rings (SSSR count). The van der Waals surface area contributed by atoms with Gasteiger partial charge in [0.05, 0.1) is 5.69 Å². The van der Waals surface area contributed by atoms with Gasteiger partial charge in [0.1, 0.15) is 5.16 Å². The predicted molar refractivity (Wildman–Crippen MR) is 47.7 cm³/mol. The van der Waals surface area contributed by atoms with E-state index in [0.717, 1.165) is 11.4 Å². The summed E-state index contributed by atoms with van der Waals surface area (Å²) in [6, 6.07) is 1.93. The Bertz CT molecular complexity index is 289. The Kier molecular flexibility index (Phi) is 2.58. The third-order valence-electron chi connectivity index (χ3n) is 1.30. The molecule has 4 heteroatoms. The summed E-state index contributed by atoms with van der Waals surface area (Å²) < 4.78 is 1.59. The minimum Gasteiger partial charge on any atom is -0.225 e. The van der Waals surface area contributed by atoms with Crippen LogP contribution in [0.15, 0.2) is 11.6 Å². The topological polar surface area (TPSA) is 17.8 Å². The second-order valence-corrected chi connectivity index (χ2v) is 2.88. The SMILES string of the molecule is Cc1cc(C)n(/C(Cl)=C\Cl)n1. The van der Waals surface area contributed by atoms with Gasteiger partial charge in [-0.1, -0.05) is 23.2 Å². The molecular formula is C7H8Cl2N2. The average molecular weight is 191 g/mol. The van der Waals surface area contributed by atoms with E-state index in [0.29, 0.717) is 5.16 Å². The fourth-order valence-corrected chi connectivity index (χ4v) is 1.15. The van der Waals surface area contributed by atoms with Crippen LogP contribution in [0.25, 0.3) is 5.16 Å². The molecule has 0 aliphatic rings. The van der Waals surface area contributed by atoms with E-state index in [1.807, 2.05) is 19.9 Å². The van der Waals surface area contributed by atoms with E-state index < -0.39 is 0 Å². The summed E-state index contributed by atoms with van der Waals surface area (Å²) >= 11 is 11.2. The van der Waals surface area contributed by atoms with Crippen LogP contribution in [0.2, 0.25) is 0 Å². The zero-order chi connectivity index (χ0) is 8.43. The molecule has 1 aromatic rings. The van der Waals surface area contributed by atoms with Crippen LogP contribution >= 0.6 is 23.2 Å². The van der Waals surface area contributed by atoms with Crippen molar-refractivity contribution < 1.29 is 0 Å². The third-order valence-corrected chi connectivity index (χ3v) is 1.89. The molecule has 0 bridgehead atoms. The molecule has 60 valence electrons. The van der Waals surface area contributed by atoms with Gasteiger partial charge >= 0.3 is 0 Å². The summed E-state index contributed by atoms with van der Waals surface area (Å²) in [5.41, 5.74) is 3.20. The zero-order valence-corrected chi connectivity index (χ0v) is 7.82. The van der Waals surface area contributed by atoms with Gasteiger partial charge in [-0.05, 0) is 19.9 Å². The van der Waals surface area contributed by atoms with Gasteiger partial charge in [-0.25, -0.2) is 4.68 Å². The molecule has 0 amide bonds. The third kappa shape index (κ3) is 1.76. The van der Waals surface area contributed by atoms with Crippen LogP contribution in [-0.2, 0) is 0 Å². The predicted octanol–water partition coefficient (Wildman–Crippen LogP) is 2.73. The smallest absolute Gasteiger partial charge is 0.142 e. The van der Waals surface area contributed by atoms with Crippen molar-refractivity contribution in [1.29, 1.82) is 0 Å². The monoisotopic (exact) mass is 190 g/mol. The van der Waals surface area contributed by atoms with Crippen LogP contribution < -0.4 is 0 Å². The highest BCUT2D eigenvalue weighted by Crippen LogP contribution is 2.14. The number of hydrogen-bond donors (Lipinski definition) is 0. The lowest BCUT2D eigenvalue weighted by Crippen LogP contribution is -1.95. The Morgan fingerprint density at radius 3 is 2.64 bits per heavy atom. The Morgan fingerprint density at radius 2 is 2.27 bits per heavy atom. The maximum atomic E-state index is 5.74. The first-order chi connectivity index (χ1) is 5.15. The minimum atomic E-state index is 0.414. The van der Waals surface area contributed by atoms with E-state index in [2.05, 4.69) is 5.10 Å². The summed E-state index contributed by atoms with van der Waals surface area (Å²) in [4.78, 5) is 0. The Morgan fingerprint density at radius 1 is 1.64 bits per heavy atom. The molecule has 0 atom stereocenters. The summed E-state index contributed by atoms with van der Waals surface area (Å²) in [7, 11) is 0. The normalized spacial score (nSPS) is 12.2. The Balaban J connectivity index is 3.13. The van der Waals surface area contributed by atoms with E-state index in [1.165, 1.54) is 5.54 Å². The highest BCUT2D eigenvalue weighted by atomic mass is 35.5. The number of nitrogens with zero attached hydrogens (tertiary/aromatic N) is 2. The van der Waals surface area contributed by atoms with Crippen LogP contribution in [0.3, 0.4) is 0 Å². The van der Waals surface area contributed by atoms with Gasteiger partial charge in [0.2, 0.25) is 0 Å². The van der Waals surface area contributed by atoms with Crippen LogP contribution in [-0.4, -0.2) is 9.78 Å². The lowest BCUT2D eigenvalue weighted by molar-refractivity contribution is 0.872. The van der Waals surface area contributed by atoms with Gasteiger partial charge in [-0.15, -0.1) is 0 Å². The van der Waals surface area contributed by atoms with E-state index in [1.54, 1.807) is 4.68 Å². The Hall–Kier alpha value is -0.470. The molecule has 0 saturated heterocycles. The first kappa shape index (κ1) is 8.62. The standard InChI is InChI=1S/C7H8Cl2N2/c1-5-3-6(2)11(10-5)7(9)4-8/h3-4H,1-2H3/b7-4-. The number of aryl methyl sites for hydroxylation is 2. The number of rotatable bonds is 1. The summed E-state index contributed by atoms with van der Waals surface area (Å²) in [6.07, 6.45) is 0. The van der Waals surface area contributed by atoms with E-state index in [-0.39, 0.29) is 0 Å². The van der Waals surface area contributed by atoms with Gasteiger partial charge in [-0.3, -0.25) is 0 Å². The molecule has 11 heavy (non-hydrogen) atoms. The highest BCUT2D eigenvalue weighted by Gasteiger charge is 2.02. The van der Waals surface area contributed by atoms with Crippen molar-refractivity contribution in [2.45, 2.75) is 13.8 Å². The molecule has 0 unspecified atom stereocenters. The van der Waals surface area contributed by atoms with Crippen molar-refractivity contribution in [2.75, 3.05) is 0 Å². The first-order valence-electron chi connectivity index (χ1n) is 3.14. The van der Waals surface area contributed by atoms with Crippen molar-refractivity contribution in [3.8, 4) is 0 Å². The van der Waals surface area contributed by atoms with Gasteiger partial charge in [0.15, 0.2) is 0 Å². The maximum Gasteiger partial charge on any atom is 0.142 e. The lowest BCUT2D eigenvalue weighted by Gasteiger charge is -1.98. The van der Waals surface area contributed by atoms with Crippen molar-refractivity contribution in [3.05, 3.63) is 23.0 Å². The second-order valence-electron chi connectivity index (χ2n) is 2.27. The summed E-state index contributed by atoms with van der Waals surface area (Å²) in [5.74, 6) is 0. The minimum absolute atomic E-state index is 0.414. The fraction of sp³-hybridized carbons (Fsp3) is 0.286. The Labute approximate surface area is 75.4 Å². The van der Waals surface area contributed by atoms with Crippen LogP contribution in [0.4, 0.5) is 0 Å². The average Bonchev–Trinajstić information content (AvgIpc) is 2.28. The summed E-state index contributed by atoms with van der Waals surface area (Å²) in [6.45, 7) is 3.82. The molecule has 1 heterocycles. The van der Waals surface area contributed by atoms with E-state index >= 15 is 0 Å². The van der Waals surface area contributed by atoms with E-state index in [9.17, 15) is 0 Å². The molecule has 1 aromatic heterocycles. The molecule has 0 aliphatic carbocycles. The van der Waals surface area contributed by atoms with Gasteiger partial charge in [0, 0.05) is 11.2 Å². The van der Waals surface area contributed by atoms with Crippen molar-refractivity contribution in [1.82, 2.24) is 9.78 Å². The molecular weight excluding hydrogens is 183 g/mol. The number of aromatic nitrogens is 2. The van der Waals surface area contributed by atoms with Gasteiger partial charge in [-0.2, -0.15) is 5.10 Å². The molecule has 0 fully saturated rings. The van der Waals surface area contributed by atoms with Crippen molar-refractivity contribution >= 4 is 28.4 Å². The van der Waals surface area contributed by atoms with Crippen LogP contribution in [0.1, 0.15) is 11.4 Å². The second kappa shape index (κ2) is 3.28. The lowest BCUT2D eigenvalue weighted by atomic mass is 10.4. The number of hydrogen-bond acceptors (Lipinski definition) is 1. The van der Waals surface area contributed by atoms with Crippen molar-refractivity contribution in [2.24, 2.45) is 0 Å². The van der Waals surface area contributed by atoms with Crippen LogP contribution in [0, 0.1) is 13.8 Å². The molecule has 2 nitrogen and oxygen atoms in total.